The Morgan fingerprint density at radius 2 is 1.60 bits per heavy atom. The first-order valence-corrected chi connectivity index (χ1v) is 9.71. The van der Waals surface area contributed by atoms with Crippen LogP contribution in [0.15, 0.2) is 54.2 Å². The molecule has 0 unspecified atom stereocenters. The average Bonchev–Trinajstić information content (AvgIpc) is 3.02. The smallest absolute Gasteiger partial charge is 0.278 e. The van der Waals surface area contributed by atoms with E-state index in [9.17, 15) is 9.59 Å². The van der Waals surface area contributed by atoms with Crippen molar-refractivity contribution in [2.45, 2.75) is 6.92 Å². The van der Waals surface area contributed by atoms with Crippen molar-refractivity contribution in [1.29, 1.82) is 0 Å². The van der Waals surface area contributed by atoms with Gasteiger partial charge in [0.25, 0.3) is 11.8 Å². The molecule has 1 aliphatic heterocycles. The highest BCUT2D eigenvalue weighted by molar-refractivity contribution is 6.36. The van der Waals surface area contributed by atoms with Crippen molar-refractivity contribution in [3.63, 3.8) is 0 Å². The molecule has 0 aromatic heterocycles. The molecule has 158 valence electrons. The molecule has 1 heterocycles. The predicted molar refractivity (Wildman–Crippen MR) is 115 cm³/mol. The van der Waals surface area contributed by atoms with E-state index in [2.05, 4.69) is 0 Å². The second kappa shape index (κ2) is 9.45. The molecular formula is C23H26N2O5. The Balaban J connectivity index is 2.18. The first kappa shape index (κ1) is 21.4. The van der Waals surface area contributed by atoms with Crippen LogP contribution in [-0.2, 0) is 14.3 Å². The van der Waals surface area contributed by atoms with Gasteiger partial charge in [0.05, 0.1) is 32.9 Å². The summed E-state index contributed by atoms with van der Waals surface area (Å²) in [5.41, 5.74) is 2.11. The summed E-state index contributed by atoms with van der Waals surface area (Å²) >= 11 is 0. The zero-order chi connectivity index (χ0) is 21.7. The van der Waals surface area contributed by atoms with Gasteiger partial charge in [-0.15, -0.1) is 0 Å². The van der Waals surface area contributed by atoms with E-state index in [0.29, 0.717) is 34.9 Å². The van der Waals surface area contributed by atoms with Gasteiger partial charge in [0.1, 0.15) is 5.70 Å². The Bertz CT molecular complexity index is 955. The summed E-state index contributed by atoms with van der Waals surface area (Å²) < 4.78 is 15.8. The monoisotopic (exact) mass is 410 g/mol. The zero-order valence-corrected chi connectivity index (χ0v) is 17.7. The van der Waals surface area contributed by atoms with E-state index in [-0.39, 0.29) is 25.0 Å². The predicted octanol–water partition coefficient (Wildman–Crippen LogP) is 2.96. The molecule has 1 aliphatic rings. The van der Waals surface area contributed by atoms with Crippen LogP contribution in [0.4, 0.5) is 5.69 Å². The zero-order valence-electron chi connectivity index (χ0n) is 17.7. The Labute approximate surface area is 176 Å². The average molecular weight is 410 g/mol. The first-order chi connectivity index (χ1) is 14.6. The number of amides is 2. The number of rotatable bonds is 9. The maximum atomic E-state index is 13.4. The van der Waals surface area contributed by atoms with Crippen LogP contribution >= 0.6 is 0 Å². The maximum Gasteiger partial charge on any atom is 0.278 e. The Hall–Kier alpha value is -3.32. The molecule has 0 aliphatic carbocycles. The van der Waals surface area contributed by atoms with Crippen molar-refractivity contribution in [1.82, 2.24) is 4.90 Å². The number of hydrogen-bond donors (Lipinski definition) is 0. The van der Waals surface area contributed by atoms with Gasteiger partial charge < -0.3 is 19.1 Å². The summed E-state index contributed by atoms with van der Waals surface area (Å²) in [6.07, 6.45) is 0. The number of likely N-dealkylation sites (N-methyl/N-ethyl adjacent to an activating group) is 1. The van der Waals surface area contributed by atoms with E-state index in [1.807, 2.05) is 42.2 Å². The number of para-hydroxylation sites is 1. The minimum Gasteiger partial charge on any atom is -0.493 e. The molecule has 0 atom stereocenters. The number of ether oxygens (including phenoxy) is 3. The lowest BCUT2D eigenvalue weighted by Gasteiger charge is -2.25. The third kappa shape index (κ3) is 3.89. The van der Waals surface area contributed by atoms with E-state index < -0.39 is 0 Å². The summed E-state index contributed by atoms with van der Waals surface area (Å²) in [6, 6.07) is 14.8. The lowest BCUT2D eigenvalue weighted by atomic mass is 10.0. The van der Waals surface area contributed by atoms with Crippen LogP contribution in [-0.4, -0.2) is 57.7 Å². The van der Waals surface area contributed by atoms with E-state index in [1.165, 1.54) is 19.1 Å². The van der Waals surface area contributed by atoms with Gasteiger partial charge in [0.15, 0.2) is 11.5 Å². The van der Waals surface area contributed by atoms with E-state index >= 15 is 0 Å². The van der Waals surface area contributed by atoms with Gasteiger partial charge in [0.2, 0.25) is 0 Å². The first-order valence-electron chi connectivity index (χ1n) is 9.71. The van der Waals surface area contributed by atoms with Crippen molar-refractivity contribution in [2.24, 2.45) is 0 Å². The summed E-state index contributed by atoms with van der Waals surface area (Å²) in [4.78, 5) is 29.8. The van der Waals surface area contributed by atoms with E-state index in [0.717, 1.165) is 5.69 Å². The minimum absolute atomic E-state index is 0.181. The van der Waals surface area contributed by atoms with Crippen LogP contribution in [0.1, 0.15) is 12.5 Å². The number of hydrogen-bond acceptors (Lipinski definition) is 6. The van der Waals surface area contributed by atoms with Crippen LogP contribution < -0.4 is 14.4 Å². The van der Waals surface area contributed by atoms with Crippen molar-refractivity contribution in [3.8, 4) is 11.5 Å². The lowest BCUT2D eigenvalue weighted by molar-refractivity contribution is -0.137. The third-order valence-corrected chi connectivity index (χ3v) is 4.99. The molecule has 0 fully saturated rings. The Kier molecular flexibility index (Phi) is 6.74. The molecule has 0 bridgehead atoms. The molecular weight excluding hydrogens is 384 g/mol. The van der Waals surface area contributed by atoms with E-state index in [4.69, 9.17) is 14.2 Å². The van der Waals surface area contributed by atoms with Crippen molar-refractivity contribution in [2.75, 3.05) is 45.9 Å². The third-order valence-electron chi connectivity index (χ3n) is 4.99. The van der Waals surface area contributed by atoms with Crippen LogP contribution in [0.2, 0.25) is 0 Å². The second-order valence-corrected chi connectivity index (χ2v) is 6.63. The summed E-state index contributed by atoms with van der Waals surface area (Å²) in [5, 5.41) is 0. The number of methoxy groups -OCH3 is 3. The standard InChI is InChI=1S/C23H26N2O5/c1-5-24(17-9-7-6-8-10-17)21-20(22(26)25(23(21)27)13-14-28-2)16-11-12-18(29-3)19(15-16)30-4/h6-12,15H,5,13-14H2,1-4H3. The van der Waals surface area contributed by atoms with Gasteiger partial charge in [-0.3, -0.25) is 14.5 Å². The Morgan fingerprint density at radius 3 is 2.20 bits per heavy atom. The molecule has 0 saturated heterocycles. The highest BCUT2D eigenvalue weighted by Gasteiger charge is 2.41. The molecule has 2 aromatic rings. The lowest BCUT2D eigenvalue weighted by Crippen LogP contribution is -2.37. The van der Waals surface area contributed by atoms with Crippen LogP contribution in [0.5, 0.6) is 11.5 Å². The van der Waals surface area contributed by atoms with Crippen LogP contribution in [0.3, 0.4) is 0 Å². The van der Waals surface area contributed by atoms with E-state index in [1.54, 1.807) is 25.3 Å². The number of anilines is 1. The number of nitrogens with zero attached hydrogens (tertiary/aromatic N) is 2. The molecule has 2 aromatic carbocycles. The fourth-order valence-corrected chi connectivity index (χ4v) is 3.53. The van der Waals surface area contributed by atoms with Crippen LogP contribution in [0, 0.1) is 0 Å². The van der Waals surface area contributed by atoms with Gasteiger partial charge in [-0.1, -0.05) is 24.3 Å². The quantitative estimate of drug-likeness (QED) is 0.592. The SMILES string of the molecule is CCN(C1=C(c2ccc(OC)c(OC)c2)C(=O)N(CCOC)C1=O)c1ccccc1. The van der Waals surface area contributed by atoms with Gasteiger partial charge >= 0.3 is 0 Å². The van der Waals surface area contributed by atoms with Gasteiger partial charge in [-0.25, -0.2) is 0 Å². The molecule has 0 N–H and O–H groups in total. The maximum absolute atomic E-state index is 13.4. The van der Waals surface area contributed by atoms with Gasteiger partial charge in [-0.05, 0) is 36.8 Å². The number of carbonyl (C=O) groups excluding carboxylic acids is 2. The molecule has 2 amide bonds. The van der Waals surface area contributed by atoms with Gasteiger partial charge in [0, 0.05) is 19.3 Å². The fraction of sp³-hybridized carbons (Fsp3) is 0.304. The normalized spacial score (nSPS) is 13.8. The fourth-order valence-electron chi connectivity index (χ4n) is 3.53. The van der Waals surface area contributed by atoms with Gasteiger partial charge in [-0.2, -0.15) is 0 Å². The summed E-state index contributed by atoms with van der Waals surface area (Å²) in [6.45, 7) is 2.91. The molecule has 0 saturated carbocycles. The second-order valence-electron chi connectivity index (χ2n) is 6.63. The van der Waals surface area contributed by atoms with Crippen molar-refractivity contribution >= 4 is 23.1 Å². The summed E-state index contributed by atoms with van der Waals surface area (Å²) in [5.74, 6) is 0.341. The summed E-state index contributed by atoms with van der Waals surface area (Å²) in [7, 11) is 4.62. The largest absolute Gasteiger partial charge is 0.493 e. The molecule has 30 heavy (non-hydrogen) atoms. The molecule has 0 spiro atoms. The number of benzene rings is 2. The van der Waals surface area contributed by atoms with Crippen molar-refractivity contribution < 1.29 is 23.8 Å². The molecule has 3 rings (SSSR count). The minimum atomic E-state index is -0.353. The Morgan fingerprint density at radius 1 is 0.900 bits per heavy atom. The molecule has 0 radical (unpaired) electrons. The highest BCUT2D eigenvalue weighted by Crippen LogP contribution is 2.37. The number of carbonyl (C=O) groups is 2. The van der Waals surface area contributed by atoms with Crippen LogP contribution in [0.25, 0.3) is 5.57 Å². The highest BCUT2D eigenvalue weighted by atomic mass is 16.5. The molecule has 7 nitrogen and oxygen atoms in total. The molecule has 7 heteroatoms. The number of imide groups is 1. The topological polar surface area (TPSA) is 68.3 Å². The van der Waals surface area contributed by atoms with Crippen molar-refractivity contribution in [3.05, 3.63) is 59.8 Å².